The number of hydrogen-bond acceptors (Lipinski definition) is 4. The van der Waals surface area contributed by atoms with E-state index >= 15 is 0 Å². The largest absolute Gasteiger partial charge is 0.340 e. The van der Waals surface area contributed by atoms with E-state index in [1.807, 2.05) is 22.4 Å². The maximum Gasteiger partial charge on any atom is 0.226 e. The fraction of sp³-hybridized carbons (Fsp3) is 0.680. The van der Waals surface area contributed by atoms with E-state index in [-0.39, 0.29) is 17.9 Å². The number of amides is 2. The quantitative estimate of drug-likeness (QED) is 0.714. The van der Waals surface area contributed by atoms with Crippen molar-refractivity contribution < 1.29 is 9.59 Å². The second kappa shape index (κ2) is 8.49. The molecular formula is C25H35N5O2. The number of nitrogens with zero attached hydrogens (tertiary/aromatic N) is 5. The average molecular weight is 438 g/mol. The lowest BCUT2D eigenvalue weighted by Crippen LogP contribution is -2.42. The Balaban J connectivity index is 1.36. The molecule has 7 nitrogen and oxygen atoms in total. The topological polar surface area (TPSA) is 70.8 Å². The molecule has 2 saturated heterocycles. The van der Waals surface area contributed by atoms with Gasteiger partial charge in [-0.2, -0.15) is 5.10 Å². The number of likely N-dealkylation sites (tertiary alicyclic amines) is 2. The summed E-state index contributed by atoms with van der Waals surface area (Å²) in [4.78, 5) is 34.5. The summed E-state index contributed by atoms with van der Waals surface area (Å²) in [6.45, 7) is 7.98. The van der Waals surface area contributed by atoms with Crippen molar-refractivity contribution in [2.45, 2.75) is 90.6 Å². The van der Waals surface area contributed by atoms with Crippen LogP contribution in [0.25, 0.3) is 5.65 Å². The fourth-order valence-electron chi connectivity index (χ4n) is 5.62. The molecular weight excluding hydrogens is 402 g/mol. The maximum absolute atomic E-state index is 12.9. The second-order valence-corrected chi connectivity index (χ2v) is 10.00. The Labute approximate surface area is 190 Å². The number of carbonyl (C=O) groups excluding carboxylic acids is 2. The van der Waals surface area contributed by atoms with Crippen LogP contribution in [0.2, 0.25) is 0 Å². The van der Waals surface area contributed by atoms with Gasteiger partial charge in [-0.1, -0.05) is 0 Å². The summed E-state index contributed by atoms with van der Waals surface area (Å²) < 4.78 is 1.92. The van der Waals surface area contributed by atoms with Crippen LogP contribution in [0.3, 0.4) is 0 Å². The molecule has 3 aliphatic rings. The first-order valence-corrected chi connectivity index (χ1v) is 12.4. The Morgan fingerprint density at radius 1 is 1.03 bits per heavy atom. The average Bonchev–Trinajstić information content (AvgIpc) is 3.35. The molecule has 2 aromatic rings. The Kier molecular flexibility index (Phi) is 5.68. The number of aryl methyl sites for hydroxylation is 2. The van der Waals surface area contributed by atoms with Gasteiger partial charge in [-0.05, 0) is 77.7 Å². The van der Waals surface area contributed by atoms with Crippen LogP contribution in [0.4, 0.5) is 0 Å². The monoisotopic (exact) mass is 437 g/mol. The Hall–Kier alpha value is -2.44. The predicted molar refractivity (Wildman–Crippen MR) is 122 cm³/mol. The van der Waals surface area contributed by atoms with E-state index in [1.54, 1.807) is 0 Å². The lowest BCUT2D eigenvalue weighted by atomic mass is 10.0. The summed E-state index contributed by atoms with van der Waals surface area (Å²) in [5.41, 5.74) is 4.92. The molecule has 1 saturated carbocycles. The van der Waals surface area contributed by atoms with Gasteiger partial charge in [0, 0.05) is 48.9 Å². The van der Waals surface area contributed by atoms with Gasteiger partial charge in [-0.25, -0.2) is 9.50 Å². The highest BCUT2D eigenvalue weighted by molar-refractivity contribution is 5.81. The summed E-state index contributed by atoms with van der Waals surface area (Å²) in [5.74, 6) is 0.787. The lowest BCUT2D eigenvalue weighted by Gasteiger charge is -2.33. The third kappa shape index (κ3) is 3.90. The highest BCUT2D eigenvalue weighted by atomic mass is 16.2. The van der Waals surface area contributed by atoms with Crippen molar-refractivity contribution in [1.29, 1.82) is 0 Å². The molecule has 7 heteroatoms. The normalized spacial score (nSPS) is 23.8. The van der Waals surface area contributed by atoms with Crippen LogP contribution < -0.4 is 0 Å². The molecule has 4 heterocycles. The molecule has 32 heavy (non-hydrogen) atoms. The summed E-state index contributed by atoms with van der Waals surface area (Å²) in [6.07, 6.45) is 8.70. The first-order chi connectivity index (χ1) is 15.4. The van der Waals surface area contributed by atoms with Gasteiger partial charge in [0.25, 0.3) is 0 Å². The van der Waals surface area contributed by atoms with E-state index in [9.17, 15) is 9.59 Å². The van der Waals surface area contributed by atoms with Gasteiger partial charge in [-0.3, -0.25) is 9.59 Å². The maximum atomic E-state index is 12.9. The van der Waals surface area contributed by atoms with Gasteiger partial charge in [-0.15, -0.1) is 0 Å². The molecule has 2 aliphatic heterocycles. The van der Waals surface area contributed by atoms with Crippen LogP contribution in [0.1, 0.15) is 87.0 Å². The zero-order valence-electron chi connectivity index (χ0n) is 19.6. The van der Waals surface area contributed by atoms with Crippen molar-refractivity contribution >= 4 is 17.5 Å². The minimum atomic E-state index is 0.0649. The third-order valence-corrected chi connectivity index (χ3v) is 7.70. The number of rotatable bonds is 5. The van der Waals surface area contributed by atoms with Crippen molar-refractivity contribution in [3.05, 3.63) is 28.7 Å². The van der Waals surface area contributed by atoms with E-state index in [2.05, 4.69) is 18.7 Å². The van der Waals surface area contributed by atoms with Gasteiger partial charge < -0.3 is 9.80 Å². The molecule has 172 valence electrons. The summed E-state index contributed by atoms with van der Waals surface area (Å²) in [5, 5.41) is 4.90. The van der Waals surface area contributed by atoms with Crippen molar-refractivity contribution in [2.24, 2.45) is 5.92 Å². The molecule has 0 radical (unpaired) electrons. The molecule has 2 atom stereocenters. The van der Waals surface area contributed by atoms with Gasteiger partial charge in [0.2, 0.25) is 11.8 Å². The highest BCUT2D eigenvalue weighted by Gasteiger charge is 2.39. The Morgan fingerprint density at radius 3 is 2.56 bits per heavy atom. The van der Waals surface area contributed by atoms with Crippen LogP contribution in [-0.2, 0) is 16.0 Å². The van der Waals surface area contributed by atoms with Crippen molar-refractivity contribution in [3.8, 4) is 0 Å². The number of hydrogen-bond donors (Lipinski definition) is 0. The Bertz CT molecular complexity index is 1040. The smallest absolute Gasteiger partial charge is 0.226 e. The van der Waals surface area contributed by atoms with Gasteiger partial charge >= 0.3 is 0 Å². The minimum Gasteiger partial charge on any atom is -0.340 e. The van der Waals surface area contributed by atoms with Crippen LogP contribution in [0.5, 0.6) is 0 Å². The second-order valence-electron chi connectivity index (χ2n) is 10.00. The molecule has 0 aromatic carbocycles. The van der Waals surface area contributed by atoms with Crippen LogP contribution >= 0.6 is 0 Å². The molecule has 0 spiro atoms. The molecule has 2 aromatic heterocycles. The van der Waals surface area contributed by atoms with E-state index < -0.39 is 0 Å². The fourth-order valence-corrected chi connectivity index (χ4v) is 5.62. The van der Waals surface area contributed by atoms with E-state index in [1.165, 1.54) is 6.42 Å². The van der Waals surface area contributed by atoms with Crippen LogP contribution in [-0.4, -0.2) is 55.3 Å². The highest BCUT2D eigenvalue weighted by Crippen LogP contribution is 2.38. The van der Waals surface area contributed by atoms with Gasteiger partial charge in [0.15, 0.2) is 5.65 Å². The number of piperidine rings is 1. The molecule has 0 unspecified atom stereocenters. The van der Waals surface area contributed by atoms with Crippen LogP contribution in [0, 0.1) is 19.8 Å². The first-order valence-electron chi connectivity index (χ1n) is 12.4. The van der Waals surface area contributed by atoms with Crippen LogP contribution in [0.15, 0.2) is 6.07 Å². The molecule has 3 fully saturated rings. The van der Waals surface area contributed by atoms with Gasteiger partial charge in [0.05, 0.1) is 11.7 Å². The summed E-state index contributed by atoms with van der Waals surface area (Å²) >= 11 is 0. The standard InChI is InChI=1S/C25H35N5O2/c1-16-7-4-5-13-28(16)24(31)12-11-20-17(2)26-23-15-21(27-30(23)18(20)3)22-8-6-14-29(22)25(32)19-9-10-19/h15-16,19,22H,4-14H2,1-3H3/t16-,22+/m1/s1. The summed E-state index contributed by atoms with van der Waals surface area (Å²) in [6, 6.07) is 2.46. The summed E-state index contributed by atoms with van der Waals surface area (Å²) in [7, 11) is 0. The van der Waals surface area contributed by atoms with Crippen molar-refractivity contribution in [3.63, 3.8) is 0 Å². The zero-order chi connectivity index (χ0) is 22.4. The van der Waals surface area contributed by atoms with E-state index in [0.717, 1.165) is 79.9 Å². The molecule has 5 rings (SSSR count). The molecule has 1 aliphatic carbocycles. The first kappa shape index (κ1) is 21.4. The molecule has 0 N–H and O–H groups in total. The number of aromatic nitrogens is 3. The van der Waals surface area contributed by atoms with Crippen molar-refractivity contribution in [2.75, 3.05) is 13.1 Å². The number of carbonyl (C=O) groups is 2. The Morgan fingerprint density at radius 2 is 1.81 bits per heavy atom. The van der Waals surface area contributed by atoms with E-state index in [4.69, 9.17) is 10.1 Å². The van der Waals surface area contributed by atoms with Gasteiger partial charge in [0.1, 0.15) is 0 Å². The SMILES string of the molecule is Cc1nc2cc([C@@H]3CCCN3C(=O)C3CC3)nn2c(C)c1CCC(=O)N1CCCC[C@H]1C. The van der Waals surface area contributed by atoms with Crippen molar-refractivity contribution in [1.82, 2.24) is 24.4 Å². The zero-order valence-corrected chi connectivity index (χ0v) is 19.6. The lowest BCUT2D eigenvalue weighted by molar-refractivity contribution is -0.134. The molecule has 2 amide bonds. The van der Waals surface area contributed by atoms with E-state index in [0.29, 0.717) is 24.8 Å². The minimum absolute atomic E-state index is 0.0649. The predicted octanol–water partition coefficient (Wildman–Crippen LogP) is 3.75. The third-order valence-electron chi connectivity index (χ3n) is 7.70. The molecule has 0 bridgehead atoms. The number of fused-ring (bicyclic) bond motifs is 1.